The second-order valence-corrected chi connectivity index (χ2v) is 8.70. The number of nitrogens with zero attached hydrogens (tertiary/aromatic N) is 4. The third-order valence-electron chi connectivity index (χ3n) is 6.50. The molecule has 5 rings (SSSR count). The van der Waals surface area contributed by atoms with E-state index in [1.54, 1.807) is 0 Å². The molecule has 3 aromatic rings. The lowest BCUT2D eigenvalue weighted by molar-refractivity contribution is 0.0762. The third kappa shape index (κ3) is 3.71. The topological polar surface area (TPSA) is 86.3 Å². The number of anilines is 1. The van der Waals surface area contributed by atoms with Crippen LogP contribution in [0.3, 0.4) is 0 Å². The van der Waals surface area contributed by atoms with Crippen LogP contribution in [0.15, 0.2) is 36.5 Å². The van der Waals surface area contributed by atoms with Gasteiger partial charge in [-0.2, -0.15) is 5.10 Å². The Bertz CT molecular complexity index is 1180. The lowest BCUT2D eigenvalue weighted by Gasteiger charge is -2.19. The molecule has 2 aliphatic rings. The van der Waals surface area contributed by atoms with Crippen LogP contribution in [0.5, 0.6) is 0 Å². The van der Waals surface area contributed by atoms with E-state index in [1.165, 1.54) is 0 Å². The molecule has 2 aromatic heterocycles. The van der Waals surface area contributed by atoms with Gasteiger partial charge in [-0.05, 0) is 51.1 Å². The Hall–Kier alpha value is -3.39. The second-order valence-electron chi connectivity index (χ2n) is 8.70. The van der Waals surface area contributed by atoms with Gasteiger partial charge < -0.3 is 19.7 Å². The maximum Gasteiger partial charge on any atom is 0.257 e. The van der Waals surface area contributed by atoms with Gasteiger partial charge in [0.15, 0.2) is 5.82 Å². The number of carbonyl (C=O) groups excluding carboxylic acids is 2. The minimum Gasteiger partial charge on any atom is -0.345 e. The molecule has 0 aliphatic carbocycles. The van der Waals surface area contributed by atoms with E-state index in [4.69, 9.17) is 0 Å². The van der Waals surface area contributed by atoms with Gasteiger partial charge in [0, 0.05) is 43.5 Å². The normalized spacial score (nSPS) is 16.2. The molecule has 0 unspecified atom stereocenters. The van der Waals surface area contributed by atoms with Gasteiger partial charge in [0.1, 0.15) is 0 Å². The van der Waals surface area contributed by atoms with Crippen LogP contribution in [0, 0.1) is 6.92 Å². The monoisotopic (exact) mass is 432 g/mol. The first-order chi connectivity index (χ1) is 15.5. The molecule has 2 aliphatic heterocycles. The Kier molecular flexibility index (Phi) is 5.30. The van der Waals surface area contributed by atoms with Gasteiger partial charge in [0.05, 0.1) is 17.0 Å². The quantitative estimate of drug-likeness (QED) is 0.666. The molecule has 32 heavy (non-hydrogen) atoms. The Labute approximate surface area is 187 Å². The van der Waals surface area contributed by atoms with Crippen LogP contribution in [-0.2, 0) is 13.0 Å². The molecule has 0 radical (unpaired) electrons. The van der Waals surface area contributed by atoms with Gasteiger partial charge >= 0.3 is 0 Å². The van der Waals surface area contributed by atoms with Crippen molar-refractivity contribution in [2.24, 2.45) is 0 Å². The van der Waals surface area contributed by atoms with E-state index in [0.717, 1.165) is 68.1 Å². The van der Waals surface area contributed by atoms with E-state index in [2.05, 4.69) is 32.0 Å². The van der Waals surface area contributed by atoms with Crippen LogP contribution in [0.2, 0.25) is 0 Å². The highest BCUT2D eigenvalue weighted by Gasteiger charge is 2.27. The molecule has 2 N–H and O–H groups in total. The standard InChI is InChI=1S/C24H28N6O2/c1-16-6-3-4-7-18(16)23(31)25-22-19-8-11-30-15-17(14-20(30)21(19)26-27-22)24(32)29-10-5-9-28(2)12-13-29/h3-4,6-7,14-15H,5,8-13H2,1-2H3,(H2,25,26,27,31). The third-order valence-corrected chi connectivity index (χ3v) is 6.50. The largest absolute Gasteiger partial charge is 0.345 e. The molecular formula is C24H28N6O2. The lowest BCUT2D eigenvalue weighted by atomic mass is 10.1. The number of hydrogen-bond donors (Lipinski definition) is 2. The number of aromatic nitrogens is 3. The van der Waals surface area contributed by atoms with Gasteiger partial charge in [-0.3, -0.25) is 14.7 Å². The number of nitrogens with one attached hydrogen (secondary N) is 2. The fraction of sp³-hybridized carbons (Fsp3) is 0.375. The van der Waals surface area contributed by atoms with Crippen molar-refractivity contribution in [1.82, 2.24) is 24.6 Å². The smallest absolute Gasteiger partial charge is 0.257 e. The SMILES string of the molecule is Cc1ccccc1C(=O)Nc1n[nH]c2c1CCn1cc(C(=O)N3CCCN(C)CC3)cc1-2. The molecule has 166 valence electrons. The minimum absolute atomic E-state index is 0.0799. The summed E-state index contributed by atoms with van der Waals surface area (Å²) in [6.07, 6.45) is 3.67. The lowest BCUT2D eigenvalue weighted by Crippen LogP contribution is -2.34. The molecule has 0 bridgehead atoms. The summed E-state index contributed by atoms with van der Waals surface area (Å²) in [5, 5.41) is 10.4. The van der Waals surface area contributed by atoms with Gasteiger partial charge in [0.25, 0.3) is 11.8 Å². The van der Waals surface area contributed by atoms with Crippen molar-refractivity contribution >= 4 is 17.6 Å². The second kappa shape index (κ2) is 8.27. The Morgan fingerprint density at radius 2 is 1.94 bits per heavy atom. The number of carbonyl (C=O) groups is 2. The van der Waals surface area contributed by atoms with Crippen molar-refractivity contribution in [2.75, 3.05) is 38.5 Å². The average Bonchev–Trinajstić information content (AvgIpc) is 3.33. The molecule has 1 aromatic carbocycles. The number of benzene rings is 1. The molecule has 8 heteroatoms. The molecular weight excluding hydrogens is 404 g/mol. The Morgan fingerprint density at radius 1 is 1.09 bits per heavy atom. The summed E-state index contributed by atoms with van der Waals surface area (Å²) in [6.45, 7) is 6.11. The van der Waals surface area contributed by atoms with Crippen molar-refractivity contribution in [3.8, 4) is 11.4 Å². The maximum absolute atomic E-state index is 13.1. The zero-order chi connectivity index (χ0) is 22.2. The fourth-order valence-corrected chi connectivity index (χ4v) is 4.61. The van der Waals surface area contributed by atoms with Gasteiger partial charge in [0.2, 0.25) is 0 Å². The summed E-state index contributed by atoms with van der Waals surface area (Å²) in [4.78, 5) is 30.1. The molecule has 1 fully saturated rings. The zero-order valence-corrected chi connectivity index (χ0v) is 18.5. The van der Waals surface area contributed by atoms with E-state index >= 15 is 0 Å². The molecule has 4 heterocycles. The van der Waals surface area contributed by atoms with Crippen molar-refractivity contribution in [3.05, 3.63) is 58.8 Å². The van der Waals surface area contributed by atoms with Crippen molar-refractivity contribution in [1.29, 1.82) is 0 Å². The molecule has 0 atom stereocenters. The summed E-state index contributed by atoms with van der Waals surface area (Å²) in [7, 11) is 2.10. The van der Waals surface area contributed by atoms with E-state index < -0.39 is 0 Å². The predicted molar refractivity (Wildman–Crippen MR) is 123 cm³/mol. The first-order valence-corrected chi connectivity index (χ1v) is 11.1. The Balaban J connectivity index is 1.38. The summed E-state index contributed by atoms with van der Waals surface area (Å²) >= 11 is 0. The molecule has 0 saturated carbocycles. The summed E-state index contributed by atoms with van der Waals surface area (Å²) < 4.78 is 2.10. The van der Waals surface area contributed by atoms with Crippen molar-refractivity contribution < 1.29 is 9.59 Å². The summed E-state index contributed by atoms with van der Waals surface area (Å²) in [5.74, 6) is 0.473. The van der Waals surface area contributed by atoms with E-state index in [-0.39, 0.29) is 11.8 Å². The van der Waals surface area contributed by atoms with Crippen LogP contribution in [0.1, 0.15) is 38.3 Å². The van der Waals surface area contributed by atoms with Gasteiger partial charge in [-0.1, -0.05) is 18.2 Å². The first-order valence-electron chi connectivity index (χ1n) is 11.1. The number of aromatic amines is 1. The molecule has 0 spiro atoms. The van der Waals surface area contributed by atoms with Crippen molar-refractivity contribution in [3.63, 3.8) is 0 Å². The van der Waals surface area contributed by atoms with Crippen LogP contribution in [0.4, 0.5) is 5.82 Å². The zero-order valence-electron chi connectivity index (χ0n) is 18.5. The summed E-state index contributed by atoms with van der Waals surface area (Å²) in [5.41, 5.74) is 5.05. The van der Waals surface area contributed by atoms with E-state index in [0.29, 0.717) is 16.9 Å². The van der Waals surface area contributed by atoms with E-state index in [9.17, 15) is 9.59 Å². The number of amides is 2. The average molecular weight is 433 g/mol. The fourth-order valence-electron chi connectivity index (χ4n) is 4.61. The highest BCUT2D eigenvalue weighted by molar-refractivity contribution is 6.05. The highest BCUT2D eigenvalue weighted by Crippen LogP contribution is 2.34. The highest BCUT2D eigenvalue weighted by atomic mass is 16.2. The molecule has 1 saturated heterocycles. The number of fused-ring (bicyclic) bond motifs is 3. The van der Waals surface area contributed by atoms with Gasteiger partial charge in [-0.15, -0.1) is 0 Å². The summed E-state index contributed by atoms with van der Waals surface area (Å²) in [6, 6.07) is 9.45. The number of hydrogen-bond acceptors (Lipinski definition) is 4. The first kappa shape index (κ1) is 20.5. The Morgan fingerprint density at radius 3 is 2.78 bits per heavy atom. The van der Waals surface area contributed by atoms with Crippen molar-refractivity contribution in [2.45, 2.75) is 26.3 Å². The van der Waals surface area contributed by atoms with Crippen LogP contribution in [-0.4, -0.2) is 69.6 Å². The van der Waals surface area contributed by atoms with E-state index in [1.807, 2.05) is 48.4 Å². The van der Waals surface area contributed by atoms with Crippen LogP contribution < -0.4 is 5.32 Å². The number of likely N-dealkylation sites (N-methyl/N-ethyl adjacent to an activating group) is 1. The minimum atomic E-state index is -0.166. The predicted octanol–water partition coefficient (Wildman–Crippen LogP) is 2.77. The maximum atomic E-state index is 13.1. The number of aryl methyl sites for hydroxylation is 2. The molecule has 2 amide bonds. The van der Waals surface area contributed by atoms with Crippen LogP contribution in [0.25, 0.3) is 11.4 Å². The van der Waals surface area contributed by atoms with Crippen LogP contribution >= 0.6 is 0 Å². The number of rotatable bonds is 3. The molecule has 8 nitrogen and oxygen atoms in total. The van der Waals surface area contributed by atoms with Gasteiger partial charge in [-0.25, -0.2) is 0 Å². The number of H-pyrrole nitrogens is 1.